The molecule has 0 rings (SSSR count). The first-order valence-corrected chi connectivity index (χ1v) is 5.86. The maximum Gasteiger partial charge on any atom is 0.410 e. The quantitative estimate of drug-likeness (QED) is 0.645. The molecule has 0 aliphatic heterocycles. The van der Waals surface area contributed by atoms with Crippen molar-refractivity contribution in [2.45, 2.75) is 32.8 Å². The van der Waals surface area contributed by atoms with Crippen LogP contribution in [-0.4, -0.2) is 57.1 Å². The van der Waals surface area contributed by atoms with Crippen LogP contribution in [0.25, 0.3) is 0 Å². The van der Waals surface area contributed by atoms with E-state index >= 15 is 0 Å². The number of methoxy groups -OCH3 is 2. The Morgan fingerprint density at radius 2 is 1.65 bits per heavy atom. The van der Waals surface area contributed by atoms with Gasteiger partial charge in [0, 0.05) is 33.9 Å². The lowest BCUT2D eigenvalue weighted by Gasteiger charge is -2.27. The zero-order valence-electron chi connectivity index (χ0n) is 11.6. The van der Waals surface area contributed by atoms with Gasteiger partial charge in [0.1, 0.15) is 5.60 Å². The molecule has 0 N–H and O–H groups in total. The number of carbonyl (C=O) groups excluding carboxylic acids is 1. The summed E-state index contributed by atoms with van der Waals surface area (Å²) in [4.78, 5) is 13.5. The van der Waals surface area contributed by atoms with Gasteiger partial charge in [0.05, 0.1) is 6.61 Å². The minimum absolute atomic E-state index is 0.300. The first-order valence-electron chi connectivity index (χ1n) is 5.86. The van der Waals surface area contributed by atoms with E-state index in [9.17, 15) is 4.79 Å². The average Bonchev–Trinajstić information content (AvgIpc) is 2.20. The summed E-state index contributed by atoms with van der Waals surface area (Å²) in [5.74, 6) is 0. The van der Waals surface area contributed by atoms with Crippen molar-refractivity contribution < 1.29 is 19.0 Å². The van der Waals surface area contributed by atoms with Gasteiger partial charge in [0.2, 0.25) is 0 Å². The van der Waals surface area contributed by atoms with E-state index in [0.717, 1.165) is 6.42 Å². The van der Waals surface area contributed by atoms with Crippen molar-refractivity contribution in [3.63, 3.8) is 0 Å². The lowest BCUT2D eigenvalue weighted by molar-refractivity contribution is 0.0186. The molecule has 0 aliphatic rings. The van der Waals surface area contributed by atoms with Gasteiger partial charge in [-0.15, -0.1) is 0 Å². The van der Waals surface area contributed by atoms with Crippen LogP contribution in [0.15, 0.2) is 0 Å². The lowest BCUT2D eigenvalue weighted by atomic mass is 10.2. The van der Waals surface area contributed by atoms with E-state index in [4.69, 9.17) is 14.2 Å². The van der Waals surface area contributed by atoms with Gasteiger partial charge in [0.25, 0.3) is 0 Å². The third-order valence-corrected chi connectivity index (χ3v) is 1.99. The molecule has 0 fully saturated rings. The summed E-state index contributed by atoms with van der Waals surface area (Å²) in [5, 5.41) is 0. The maximum atomic E-state index is 11.9. The summed E-state index contributed by atoms with van der Waals surface area (Å²) >= 11 is 0. The standard InChI is InChI=1S/C12H25NO4/c1-12(2,3)17-11(14)13(8-10-16-5)7-6-9-15-4/h6-10H2,1-5H3. The summed E-state index contributed by atoms with van der Waals surface area (Å²) in [6.45, 7) is 7.86. The zero-order valence-corrected chi connectivity index (χ0v) is 11.6. The second-order valence-corrected chi connectivity index (χ2v) is 4.81. The van der Waals surface area contributed by atoms with Gasteiger partial charge in [-0.2, -0.15) is 0 Å². The van der Waals surface area contributed by atoms with Crippen LogP contribution >= 0.6 is 0 Å². The van der Waals surface area contributed by atoms with E-state index in [1.165, 1.54) is 0 Å². The first kappa shape index (κ1) is 16.2. The van der Waals surface area contributed by atoms with Crippen molar-refractivity contribution in [2.24, 2.45) is 0 Å². The van der Waals surface area contributed by atoms with Gasteiger partial charge in [-0.3, -0.25) is 0 Å². The normalized spacial score (nSPS) is 11.4. The maximum absolute atomic E-state index is 11.9. The van der Waals surface area contributed by atoms with Crippen molar-refractivity contribution >= 4 is 6.09 Å². The lowest BCUT2D eigenvalue weighted by Crippen LogP contribution is -2.39. The number of hydrogen-bond acceptors (Lipinski definition) is 4. The van der Waals surface area contributed by atoms with Gasteiger partial charge in [-0.25, -0.2) is 4.79 Å². The minimum atomic E-state index is -0.469. The smallest absolute Gasteiger partial charge is 0.410 e. The predicted octanol–water partition coefficient (Wildman–Crippen LogP) is 1.91. The molecule has 0 atom stereocenters. The summed E-state index contributed by atoms with van der Waals surface area (Å²) in [7, 11) is 3.26. The molecule has 0 aromatic rings. The Bertz CT molecular complexity index is 213. The predicted molar refractivity (Wildman–Crippen MR) is 66.2 cm³/mol. The van der Waals surface area contributed by atoms with Crippen molar-refractivity contribution in [3.8, 4) is 0 Å². The van der Waals surface area contributed by atoms with Crippen LogP contribution in [-0.2, 0) is 14.2 Å². The zero-order chi connectivity index (χ0) is 13.3. The molecule has 0 spiro atoms. The molecular weight excluding hydrogens is 222 g/mol. The number of nitrogens with zero attached hydrogens (tertiary/aromatic N) is 1. The third-order valence-electron chi connectivity index (χ3n) is 1.99. The van der Waals surface area contributed by atoms with Gasteiger partial charge in [0.15, 0.2) is 0 Å². The van der Waals surface area contributed by atoms with Crippen molar-refractivity contribution in [1.29, 1.82) is 0 Å². The van der Waals surface area contributed by atoms with Crippen LogP contribution in [0.3, 0.4) is 0 Å². The topological polar surface area (TPSA) is 48.0 Å². The molecule has 0 saturated heterocycles. The van der Waals surface area contributed by atoms with Gasteiger partial charge >= 0.3 is 6.09 Å². The van der Waals surface area contributed by atoms with E-state index in [1.807, 2.05) is 20.8 Å². The Labute approximate surface area is 104 Å². The van der Waals surface area contributed by atoms with Crippen LogP contribution in [0.4, 0.5) is 4.79 Å². The number of amides is 1. The molecule has 0 aromatic heterocycles. The number of carbonyl (C=O) groups is 1. The molecule has 17 heavy (non-hydrogen) atoms. The van der Waals surface area contributed by atoms with Crippen LogP contribution in [0, 0.1) is 0 Å². The highest BCUT2D eigenvalue weighted by molar-refractivity contribution is 5.68. The fraction of sp³-hybridized carbons (Fsp3) is 0.917. The minimum Gasteiger partial charge on any atom is -0.444 e. The van der Waals surface area contributed by atoms with Gasteiger partial charge in [-0.05, 0) is 27.2 Å². The number of rotatable bonds is 7. The Morgan fingerprint density at radius 3 is 2.12 bits per heavy atom. The van der Waals surface area contributed by atoms with E-state index < -0.39 is 5.60 Å². The molecule has 0 radical (unpaired) electrons. The summed E-state index contributed by atoms with van der Waals surface area (Å²) in [6, 6.07) is 0. The van der Waals surface area contributed by atoms with Crippen molar-refractivity contribution in [3.05, 3.63) is 0 Å². The van der Waals surface area contributed by atoms with E-state index in [1.54, 1.807) is 19.1 Å². The van der Waals surface area contributed by atoms with Crippen LogP contribution in [0.5, 0.6) is 0 Å². The fourth-order valence-corrected chi connectivity index (χ4v) is 1.22. The molecule has 0 aliphatic carbocycles. The van der Waals surface area contributed by atoms with Crippen LogP contribution < -0.4 is 0 Å². The second-order valence-electron chi connectivity index (χ2n) is 4.81. The summed E-state index contributed by atoms with van der Waals surface area (Å²) in [5.41, 5.74) is -0.469. The highest BCUT2D eigenvalue weighted by Gasteiger charge is 2.21. The SMILES string of the molecule is COCCCN(CCOC)C(=O)OC(C)(C)C. The van der Waals surface area contributed by atoms with Crippen molar-refractivity contribution in [1.82, 2.24) is 4.90 Å². The van der Waals surface area contributed by atoms with E-state index in [2.05, 4.69) is 0 Å². The van der Waals surface area contributed by atoms with Gasteiger partial charge < -0.3 is 19.1 Å². The Morgan fingerprint density at radius 1 is 1.06 bits per heavy atom. The molecule has 5 nitrogen and oxygen atoms in total. The monoisotopic (exact) mass is 247 g/mol. The highest BCUT2D eigenvalue weighted by Crippen LogP contribution is 2.10. The molecule has 5 heteroatoms. The van der Waals surface area contributed by atoms with Crippen molar-refractivity contribution in [2.75, 3.05) is 40.5 Å². The third kappa shape index (κ3) is 8.94. The molecule has 1 amide bonds. The number of hydrogen-bond donors (Lipinski definition) is 0. The molecule has 0 aromatic carbocycles. The van der Waals surface area contributed by atoms with Gasteiger partial charge in [-0.1, -0.05) is 0 Å². The second kappa shape index (κ2) is 8.31. The number of ether oxygens (including phenoxy) is 3. The average molecular weight is 247 g/mol. The molecular formula is C12H25NO4. The molecule has 0 saturated carbocycles. The Kier molecular flexibility index (Phi) is 7.91. The largest absolute Gasteiger partial charge is 0.444 e. The Hall–Kier alpha value is -0.810. The molecule has 0 heterocycles. The van der Waals surface area contributed by atoms with E-state index in [0.29, 0.717) is 26.3 Å². The molecule has 0 bridgehead atoms. The molecule has 102 valence electrons. The van der Waals surface area contributed by atoms with Crippen LogP contribution in [0.1, 0.15) is 27.2 Å². The fourth-order valence-electron chi connectivity index (χ4n) is 1.22. The summed E-state index contributed by atoms with van der Waals surface area (Å²) in [6.07, 6.45) is 0.491. The summed E-state index contributed by atoms with van der Waals surface area (Å²) < 4.78 is 15.3. The van der Waals surface area contributed by atoms with Crippen LogP contribution in [0.2, 0.25) is 0 Å². The van der Waals surface area contributed by atoms with E-state index in [-0.39, 0.29) is 6.09 Å². The highest BCUT2D eigenvalue weighted by atomic mass is 16.6. The Balaban J connectivity index is 4.19. The first-order chi connectivity index (χ1) is 7.90. The molecule has 0 unspecified atom stereocenters.